The number of nitrogens with zero attached hydrogens (tertiary/aromatic N) is 1. The van der Waals surface area contributed by atoms with Gasteiger partial charge in [0.15, 0.2) is 0 Å². The molecule has 18 heavy (non-hydrogen) atoms. The monoisotopic (exact) mass is 254 g/mol. The highest BCUT2D eigenvalue weighted by Crippen LogP contribution is 2.16. The smallest absolute Gasteiger partial charge is 0.256 e. The maximum Gasteiger partial charge on any atom is 0.256 e. The van der Waals surface area contributed by atoms with Crippen LogP contribution in [0.5, 0.6) is 0 Å². The molecule has 1 amide bonds. The van der Waals surface area contributed by atoms with Gasteiger partial charge in [0.1, 0.15) is 0 Å². The van der Waals surface area contributed by atoms with Gasteiger partial charge in [0, 0.05) is 10.6 Å². The van der Waals surface area contributed by atoms with Crippen LogP contribution in [0, 0.1) is 11.3 Å². The number of nitriles is 1. The summed E-state index contributed by atoms with van der Waals surface area (Å²) in [5.41, 5.74) is 1.73. The van der Waals surface area contributed by atoms with Gasteiger partial charge in [-0.2, -0.15) is 5.26 Å². The summed E-state index contributed by atoms with van der Waals surface area (Å²) in [6.07, 6.45) is 0. The van der Waals surface area contributed by atoms with Crippen molar-refractivity contribution in [3.8, 4) is 6.07 Å². The maximum absolute atomic E-state index is 12.0. The molecule has 1 N–H and O–H groups in total. The molecule has 0 heterocycles. The standard InChI is InChI=1S/C14H10N2OS/c15-9-10-5-7-11(8-6-10)16-14(17)12-3-1-2-4-13(12)18/h1-8,18H,(H,16,17). The van der Waals surface area contributed by atoms with Crippen LogP contribution in [-0.2, 0) is 0 Å². The number of hydrogen-bond acceptors (Lipinski definition) is 3. The first-order chi connectivity index (χ1) is 8.70. The zero-order valence-corrected chi connectivity index (χ0v) is 10.3. The molecule has 0 aliphatic rings. The summed E-state index contributed by atoms with van der Waals surface area (Å²) in [4.78, 5) is 12.6. The fourth-order valence-electron chi connectivity index (χ4n) is 1.49. The molecule has 0 spiro atoms. The van der Waals surface area contributed by atoms with Crippen molar-refractivity contribution in [3.05, 3.63) is 59.7 Å². The van der Waals surface area contributed by atoms with Crippen LogP contribution in [0.1, 0.15) is 15.9 Å². The average Bonchev–Trinajstić information content (AvgIpc) is 2.40. The van der Waals surface area contributed by atoms with E-state index >= 15 is 0 Å². The molecule has 0 aliphatic carbocycles. The molecule has 0 saturated heterocycles. The van der Waals surface area contributed by atoms with E-state index in [2.05, 4.69) is 17.9 Å². The number of carbonyl (C=O) groups is 1. The molecule has 0 fully saturated rings. The van der Waals surface area contributed by atoms with Crippen LogP contribution in [0.4, 0.5) is 5.69 Å². The molecule has 2 aromatic rings. The Hall–Kier alpha value is -2.25. The summed E-state index contributed by atoms with van der Waals surface area (Å²) < 4.78 is 0. The van der Waals surface area contributed by atoms with Crippen molar-refractivity contribution in [1.29, 1.82) is 5.26 Å². The lowest BCUT2D eigenvalue weighted by Gasteiger charge is -2.06. The molecule has 0 unspecified atom stereocenters. The van der Waals surface area contributed by atoms with E-state index in [1.807, 2.05) is 12.1 Å². The number of carbonyl (C=O) groups excluding carboxylic acids is 1. The van der Waals surface area contributed by atoms with Crippen molar-refractivity contribution in [2.45, 2.75) is 4.90 Å². The molecule has 0 aliphatic heterocycles. The molecular formula is C14H10N2OS. The Morgan fingerprint density at radius 1 is 1.11 bits per heavy atom. The predicted molar refractivity (Wildman–Crippen MR) is 72.8 cm³/mol. The second-order valence-electron chi connectivity index (χ2n) is 3.66. The molecule has 3 nitrogen and oxygen atoms in total. The number of hydrogen-bond donors (Lipinski definition) is 2. The minimum absolute atomic E-state index is 0.217. The van der Waals surface area contributed by atoms with Gasteiger partial charge in [-0.1, -0.05) is 12.1 Å². The minimum atomic E-state index is -0.217. The van der Waals surface area contributed by atoms with E-state index in [4.69, 9.17) is 5.26 Å². The van der Waals surface area contributed by atoms with E-state index in [0.29, 0.717) is 21.7 Å². The number of nitrogens with one attached hydrogen (secondary N) is 1. The fourth-order valence-corrected chi connectivity index (χ4v) is 1.75. The van der Waals surface area contributed by atoms with Crippen molar-refractivity contribution in [2.24, 2.45) is 0 Å². The maximum atomic E-state index is 12.0. The van der Waals surface area contributed by atoms with Gasteiger partial charge in [-0.3, -0.25) is 4.79 Å². The fraction of sp³-hybridized carbons (Fsp3) is 0. The zero-order valence-electron chi connectivity index (χ0n) is 9.42. The summed E-state index contributed by atoms with van der Waals surface area (Å²) in [5.74, 6) is -0.217. The van der Waals surface area contributed by atoms with Crippen molar-refractivity contribution >= 4 is 24.2 Å². The normalized spacial score (nSPS) is 9.56. The third kappa shape index (κ3) is 2.70. The molecule has 4 heteroatoms. The first-order valence-corrected chi connectivity index (χ1v) is 5.75. The second-order valence-corrected chi connectivity index (χ2v) is 4.14. The first-order valence-electron chi connectivity index (χ1n) is 5.30. The Kier molecular flexibility index (Phi) is 3.66. The van der Waals surface area contributed by atoms with Gasteiger partial charge >= 0.3 is 0 Å². The summed E-state index contributed by atoms with van der Waals surface area (Å²) in [6.45, 7) is 0. The van der Waals surface area contributed by atoms with Crippen molar-refractivity contribution < 1.29 is 4.79 Å². The Bertz CT molecular complexity index is 614. The van der Waals surface area contributed by atoms with Crippen LogP contribution < -0.4 is 5.32 Å². The largest absolute Gasteiger partial charge is 0.322 e. The summed E-state index contributed by atoms with van der Waals surface area (Å²) in [7, 11) is 0. The molecule has 0 radical (unpaired) electrons. The van der Waals surface area contributed by atoms with Gasteiger partial charge in [0.05, 0.1) is 17.2 Å². The van der Waals surface area contributed by atoms with E-state index in [-0.39, 0.29) is 5.91 Å². The van der Waals surface area contributed by atoms with E-state index < -0.39 is 0 Å². The summed E-state index contributed by atoms with van der Waals surface area (Å²) >= 11 is 4.23. The van der Waals surface area contributed by atoms with Crippen LogP contribution in [0.25, 0.3) is 0 Å². The van der Waals surface area contributed by atoms with Gasteiger partial charge in [0.25, 0.3) is 5.91 Å². The van der Waals surface area contributed by atoms with Crippen molar-refractivity contribution in [2.75, 3.05) is 5.32 Å². The van der Waals surface area contributed by atoms with E-state index in [1.165, 1.54) is 0 Å². The Labute approximate surface area is 110 Å². The summed E-state index contributed by atoms with van der Waals surface area (Å²) in [6, 6.07) is 15.8. The third-order valence-electron chi connectivity index (χ3n) is 2.42. The van der Waals surface area contributed by atoms with Crippen LogP contribution in [-0.4, -0.2) is 5.91 Å². The highest BCUT2D eigenvalue weighted by Gasteiger charge is 2.08. The van der Waals surface area contributed by atoms with E-state index in [0.717, 1.165) is 0 Å². The highest BCUT2D eigenvalue weighted by atomic mass is 32.1. The Morgan fingerprint density at radius 3 is 2.39 bits per heavy atom. The molecule has 0 bridgehead atoms. The predicted octanol–water partition coefficient (Wildman–Crippen LogP) is 3.10. The molecule has 2 aromatic carbocycles. The first kappa shape index (κ1) is 12.2. The quantitative estimate of drug-likeness (QED) is 0.809. The van der Waals surface area contributed by atoms with Gasteiger partial charge < -0.3 is 5.32 Å². The minimum Gasteiger partial charge on any atom is -0.322 e. The lowest BCUT2D eigenvalue weighted by atomic mass is 10.2. The zero-order chi connectivity index (χ0) is 13.0. The van der Waals surface area contributed by atoms with E-state index in [1.54, 1.807) is 42.5 Å². The number of thiol groups is 1. The van der Waals surface area contributed by atoms with Crippen LogP contribution in [0.3, 0.4) is 0 Å². The molecular weight excluding hydrogens is 244 g/mol. The number of benzene rings is 2. The average molecular weight is 254 g/mol. The van der Waals surface area contributed by atoms with E-state index in [9.17, 15) is 4.79 Å². The number of amides is 1. The molecule has 2 rings (SSSR count). The lowest BCUT2D eigenvalue weighted by Crippen LogP contribution is -2.12. The van der Waals surface area contributed by atoms with Gasteiger partial charge in [0.2, 0.25) is 0 Å². The number of anilines is 1. The second kappa shape index (κ2) is 5.39. The third-order valence-corrected chi connectivity index (χ3v) is 2.81. The molecule has 0 atom stereocenters. The van der Waals surface area contributed by atoms with Gasteiger partial charge in [-0.05, 0) is 36.4 Å². The van der Waals surface area contributed by atoms with Gasteiger partial charge in [-0.15, -0.1) is 12.6 Å². The van der Waals surface area contributed by atoms with Crippen LogP contribution in [0.15, 0.2) is 53.4 Å². The molecule has 88 valence electrons. The van der Waals surface area contributed by atoms with Crippen molar-refractivity contribution in [1.82, 2.24) is 0 Å². The number of rotatable bonds is 2. The molecule has 0 saturated carbocycles. The SMILES string of the molecule is N#Cc1ccc(NC(=O)c2ccccc2S)cc1. The highest BCUT2D eigenvalue weighted by molar-refractivity contribution is 7.80. The van der Waals surface area contributed by atoms with Crippen LogP contribution in [0.2, 0.25) is 0 Å². The lowest BCUT2D eigenvalue weighted by molar-refractivity contribution is 0.102. The Balaban J connectivity index is 2.17. The van der Waals surface area contributed by atoms with Crippen LogP contribution >= 0.6 is 12.6 Å². The van der Waals surface area contributed by atoms with Gasteiger partial charge in [-0.25, -0.2) is 0 Å². The summed E-state index contributed by atoms with van der Waals surface area (Å²) in [5, 5.41) is 11.4. The van der Waals surface area contributed by atoms with Crippen molar-refractivity contribution in [3.63, 3.8) is 0 Å². The Morgan fingerprint density at radius 2 is 1.78 bits per heavy atom. The topological polar surface area (TPSA) is 52.9 Å². The molecule has 0 aromatic heterocycles.